The second-order valence-corrected chi connectivity index (χ2v) is 7.79. The summed E-state index contributed by atoms with van der Waals surface area (Å²) in [6, 6.07) is 7.93. The maximum atomic E-state index is 12.6. The number of benzene rings is 1. The molecular weight excluding hydrogens is 344 g/mol. The number of hydrogen-bond acceptors (Lipinski definition) is 5. The molecule has 2 fully saturated rings. The fourth-order valence-electron chi connectivity index (χ4n) is 3.90. The number of hydrogen-bond donors (Lipinski definition) is 1. The Hall–Kier alpha value is -1.63. The third-order valence-electron chi connectivity index (χ3n) is 5.49. The van der Waals surface area contributed by atoms with Gasteiger partial charge >= 0.3 is 0 Å². The van der Waals surface area contributed by atoms with Gasteiger partial charge in [-0.25, -0.2) is 0 Å². The van der Waals surface area contributed by atoms with Crippen molar-refractivity contribution < 1.29 is 19.0 Å². The molecule has 0 spiro atoms. The summed E-state index contributed by atoms with van der Waals surface area (Å²) in [6.45, 7) is 7.93. The van der Waals surface area contributed by atoms with Crippen LogP contribution in [0, 0.1) is 11.8 Å². The van der Waals surface area contributed by atoms with Crippen LogP contribution in [-0.4, -0.2) is 57.1 Å². The minimum atomic E-state index is -0.0404. The zero-order valence-corrected chi connectivity index (χ0v) is 16.6. The Kier molecular flexibility index (Phi) is 7.10. The van der Waals surface area contributed by atoms with Crippen LogP contribution in [0.1, 0.15) is 38.3 Å². The van der Waals surface area contributed by atoms with Crippen molar-refractivity contribution >= 4 is 5.91 Å². The molecule has 2 aliphatic rings. The molecule has 1 N–H and O–H groups in total. The molecule has 0 bridgehead atoms. The predicted molar refractivity (Wildman–Crippen MR) is 104 cm³/mol. The highest BCUT2D eigenvalue weighted by molar-refractivity contribution is 5.78. The number of rotatable bonds is 7. The van der Waals surface area contributed by atoms with Crippen molar-refractivity contribution in [2.75, 3.05) is 40.0 Å². The van der Waals surface area contributed by atoms with E-state index in [9.17, 15) is 4.79 Å². The molecule has 1 aromatic carbocycles. The van der Waals surface area contributed by atoms with Gasteiger partial charge in [-0.05, 0) is 49.5 Å². The smallest absolute Gasteiger partial charge is 0.234 e. The van der Waals surface area contributed by atoms with E-state index in [1.165, 1.54) is 0 Å². The molecule has 2 saturated heterocycles. The van der Waals surface area contributed by atoms with Crippen molar-refractivity contribution in [3.63, 3.8) is 0 Å². The third kappa shape index (κ3) is 5.43. The van der Waals surface area contributed by atoms with Gasteiger partial charge in [-0.1, -0.05) is 26.0 Å². The maximum absolute atomic E-state index is 12.6. The van der Waals surface area contributed by atoms with Crippen molar-refractivity contribution in [3.8, 4) is 5.75 Å². The fourth-order valence-corrected chi connectivity index (χ4v) is 3.90. The van der Waals surface area contributed by atoms with Gasteiger partial charge in [-0.2, -0.15) is 0 Å². The monoisotopic (exact) mass is 376 g/mol. The second-order valence-electron chi connectivity index (χ2n) is 7.79. The molecule has 0 aromatic heterocycles. The standard InChI is InChI=1S/C21H32N2O4/c1-15(2)20(16-4-6-18(25-3)7-5-16)22-19(24)14-23-10-8-17(9-11-23)21-26-12-13-27-21/h4-7,15,17,20-21H,8-14H2,1-3H3,(H,22,24). The Morgan fingerprint density at radius 2 is 1.81 bits per heavy atom. The van der Waals surface area contributed by atoms with Gasteiger partial charge in [0.05, 0.1) is 32.9 Å². The molecule has 3 rings (SSSR count). The van der Waals surface area contributed by atoms with E-state index in [1.807, 2.05) is 24.3 Å². The molecule has 2 aliphatic heterocycles. The summed E-state index contributed by atoms with van der Waals surface area (Å²) in [6.07, 6.45) is 2.00. The summed E-state index contributed by atoms with van der Waals surface area (Å²) in [5, 5.41) is 3.21. The van der Waals surface area contributed by atoms with Gasteiger partial charge < -0.3 is 19.5 Å². The predicted octanol–water partition coefficient (Wildman–Crippen LogP) is 2.59. The zero-order chi connectivity index (χ0) is 19.2. The van der Waals surface area contributed by atoms with Crippen LogP contribution in [0.3, 0.4) is 0 Å². The van der Waals surface area contributed by atoms with Crippen LogP contribution < -0.4 is 10.1 Å². The molecule has 0 saturated carbocycles. The highest BCUT2D eigenvalue weighted by Gasteiger charge is 2.31. The van der Waals surface area contributed by atoms with E-state index in [0.29, 0.717) is 31.6 Å². The lowest BCUT2D eigenvalue weighted by atomic mass is 9.95. The minimum Gasteiger partial charge on any atom is -0.497 e. The van der Waals surface area contributed by atoms with Crippen molar-refractivity contribution in [3.05, 3.63) is 29.8 Å². The van der Waals surface area contributed by atoms with E-state index in [1.54, 1.807) is 7.11 Å². The van der Waals surface area contributed by atoms with E-state index in [4.69, 9.17) is 14.2 Å². The molecule has 150 valence electrons. The maximum Gasteiger partial charge on any atom is 0.234 e. The Balaban J connectivity index is 1.49. The molecule has 1 aromatic rings. The van der Waals surface area contributed by atoms with E-state index >= 15 is 0 Å². The van der Waals surface area contributed by atoms with Crippen molar-refractivity contribution in [2.45, 2.75) is 39.0 Å². The van der Waals surface area contributed by atoms with Gasteiger partial charge in [0.15, 0.2) is 6.29 Å². The molecule has 1 unspecified atom stereocenters. The average Bonchev–Trinajstić information content (AvgIpc) is 3.21. The van der Waals surface area contributed by atoms with Gasteiger partial charge in [-0.3, -0.25) is 9.69 Å². The fraction of sp³-hybridized carbons (Fsp3) is 0.667. The largest absolute Gasteiger partial charge is 0.497 e. The van der Waals surface area contributed by atoms with Crippen LogP contribution in [0.25, 0.3) is 0 Å². The summed E-state index contributed by atoms with van der Waals surface area (Å²) in [5.74, 6) is 1.67. The van der Waals surface area contributed by atoms with E-state index < -0.39 is 0 Å². The minimum absolute atomic E-state index is 0.00114. The lowest BCUT2D eigenvalue weighted by Crippen LogP contribution is -2.44. The number of methoxy groups -OCH3 is 1. The summed E-state index contributed by atoms with van der Waals surface area (Å²) < 4.78 is 16.5. The van der Waals surface area contributed by atoms with Crippen LogP contribution in [0.2, 0.25) is 0 Å². The van der Waals surface area contributed by atoms with Gasteiger partial charge in [0, 0.05) is 5.92 Å². The highest BCUT2D eigenvalue weighted by atomic mass is 16.7. The highest BCUT2D eigenvalue weighted by Crippen LogP contribution is 2.26. The quantitative estimate of drug-likeness (QED) is 0.793. The topological polar surface area (TPSA) is 60.0 Å². The molecule has 6 nitrogen and oxygen atoms in total. The SMILES string of the molecule is COc1ccc(C(NC(=O)CN2CCC(C3OCCO3)CC2)C(C)C)cc1. The number of nitrogens with one attached hydrogen (secondary N) is 1. The average molecular weight is 376 g/mol. The first-order chi connectivity index (χ1) is 13.1. The molecule has 6 heteroatoms. The Morgan fingerprint density at radius 3 is 2.37 bits per heavy atom. The number of ether oxygens (including phenoxy) is 3. The van der Waals surface area contributed by atoms with Crippen molar-refractivity contribution in [1.29, 1.82) is 0 Å². The summed E-state index contributed by atoms with van der Waals surface area (Å²) in [5.41, 5.74) is 1.10. The molecular formula is C21H32N2O4. The molecule has 1 atom stereocenters. The Bertz CT molecular complexity index is 591. The second kappa shape index (κ2) is 9.53. The lowest BCUT2D eigenvalue weighted by Gasteiger charge is -2.34. The van der Waals surface area contributed by atoms with Crippen LogP contribution in [0.15, 0.2) is 24.3 Å². The molecule has 2 heterocycles. The zero-order valence-electron chi connectivity index (χ0n) is 16.6. The summed E-state index contributed by atoms with van der Waals surface area (Å²) >= 11 is 0. The first kappa shape index (κ1) is 20.1. The number of likely N-dealkylation sites (tertiary alicyclic amines) is 1. The van der Waals surface area contributed by atoms with Gasteiger partial charge in [0.25, 0.3) is 0 Å². The third-order valence-corrected chi connectivity index (χ3v) is 5.49. The van der Waals surface area contributed by atoms with Gasteiger partial charge in [0.2, 0.25) is 5.91 Å². The number of carbonyl (C=O) groups excluding carboxylic acids is 1. The molecule has 1 amide bonds. The van der Waals surface area contributed by atoms with Crippen LogP contribution in [0.4, 0.5) is 0 Å². The van der Waals surface area contributed by atoms with Gasteiger partial charge in [-0.15, -0.1) is 0 Å². The molecule has 0 radical (unpaired) electrons. The van der Waals surface area contributed by atoms with E-state index in [2.05, 4.69) is 24.1 Å². The molecule has 0 aliphatic carbocycles. The van der Waals surface area contributed by atoms with Gasteiger partial charge in [0.1, 0.15) is 5.75 Å². The van der Waals surface area contributed by atoms with Crippen molar-refractivity contribution in [1.82, 2.24) is 10.2 Å². The molecule has 27 heavy (non-hydrogen) atoms. The van der Waals surface area contributed by atoms with Crippen LogP contribution in [0.5, 0.6) is 5.75 Å². The first-order valence-electron chi connectivity index (χ1n) is 9.95. The summed E-state index contributed by atoms with van der Waals surface area (Å²) in [4.78, 5) is 14.9. The Labute approximate surface area is 162 Å². The number of piperidine rings is 1. The summed E-state index contributed by atoms with van der Waals surface area (Å²) in [7, 11) is 1.66. The van der Waals surface area contributed by atoms with Crippen LogP contribution >= 0.6 is 0 Å². The first-order valence-corrected chi connectivity index (χ1v) is 9.95. The van der Waals surface area contributed by atoms with Crippen LogP contribution in [-0.2, 0) is 14.3 Å². The van der Waals surface area contributed by atoms with E-state index in [0.717, 1.165) is 37.2 Å². The number of carbonyl (C=O) groups is 1. The lowest BCUT2D eigenvalue weighted by molar-refractivity contribution is -0.125. The Morgan fingerprint density at radius 1 is 1.19 bits per heavy atom. The number of amides is 1. The number of nitrogens with zero attached hydrogens (tertiary/aromatic N) is 1. The van der Waals surface area contributed by atoms with E-state index in [-0.39, 0.29) is 18.2 Å². The van der Waals surface area contributed by atoms with Crippen molar-refractivity contribution in [2.24, 2.45) is 11.8 Å². The normalized spacial score (nSPS) is 20.7.